The molecule has 2 heterocycles. The van der Waals surface area contributed by atoms with Gasteiger partial charge >= 0.3 is 0 Å². The van der Waals surface area contributed by atoms with Crippen LogP contribution >= 0.6 is 0 Å². The van der Waals surface area contributed by atoms with E-state index in [0.717, 1.165) is 36.0 Å². The molecule has 1 amide bonds. The number of amides is 1. The number of aromatic nitrogens is 2. The molecule has 2 N–H and O–H groups in total. The van der Waals surface area contributed by atoms with E-state index in [1.165, 1.54) is 19.3 Å². The van der Waals surface area contributed by atoms with E-state index in [0.29, 0.717) is 5.75 Å². The summed E-state index contributed by atoms with van der Waals surface area (Å²) >= 11 is 0. The largest absolute Gasteiger partial charge is 0.481 e. The van der Waals surface area contributed by atoms with E-state index in [9.17, 15) is 4.79 Å². The molecule has 1 fully saturated rings. The third kappa shape index (κ3) is 4.26. The predicted octanol–water partition coefficient (Wildman–Crippen LogP) is 2.69. The van der Waals surface area contributed by atoms with E-state index in [2.05, 4.69) is 9.88 Å². The van der Waals surface area contributed by atoms with Crippen LogP contribution in [0, 0.1) is 6.92 Å². The second-order valence-electron chi connectivity index (χ2n) is 6.43. The molecule has 25 heavy (non-hydrogen) atoms. The molecule has 0 aliphatic carbocycles. The Balaban J connectivity index is 1.88. The smallest absolute Gasteiger partial charge is 0.258 e. The summed E-state index contributed by atoms with van der Waals surface area (Å²) in [6, 6.07) is 9.51. The Kier molecular flexibility index (Phi) is 5.16. The molecule has 1 aromatic carbocycles. The zero-order chi connectivity index (χ0) is 17.8. The third-order valence-electron chi connectivity index (χ3n) is 4.32. The van der Waals surface area contributed by atoms with Crippen molar-refractivity contribution in [1.82, 2.24) is 9.97 Å². The molecule has 6 nitrogen and oxygen atoms in total. The molecule has 1 atom stereocenters. The number of ether oxygens (including phenoxy) is 1. The number of piperidine rings is 1. The van der Waals surface area contributed by atoms with Gasteiger partial charge < -0.3 is 15.4 Å². The molecule has 0 spiro atoms. The van der Waals surface area contributed by atoms with Crippen molar-refractivity contribution >= 4 is 11.9 Å². The summed E-state index contributed by atoms with van der Waals surface area (Å²) in [7, 11) is 0. The van der Waals surface area contributed by atoms with Crippen molar-refractivity contribution < 1.29 is 9.53 Å². The second-order valence-corrected chi connectivity index (χ2v) is 6.43. The van der Waals surface area contributed by atoms with Gasteiger partial charge in [-0.1, -0.05) is 12.1 Å². The average molecular weight is 340 g/mol. The number of aryl methyl sites for hydroxylation is 1. The molecule has 1 saturated heterocycles. The minimum Gasteiger partial charge on any atom is -0.481 e. The molecular weight excluding hydrogens is 316 g/mol. The Hall–Kier alpha value is -2.63. The third-order valence-corrected chi connectivity index (χ3v) is 4.32. The lowest BCUT2D eigenvalue weighted by atomic mass is 10.1. The highest BCUT2D eigenvalue weighted by Crippen LogP contribution is 2.26. The summed E-state index contributed by atoms with van der Waals surface area (Å²) in [6.07, 6.45) is 2.96. The van der Waals surface area contributed by atoms with E-state index < -0.39 is 12.0 Å². The molecular formula is C19H24N4O2. The van der Waals surface area contributed by atoms with Crippen molar-refractivity contribution in [1.29, 1.82) is 0 Å². The van der Waals surface area contributed by atoms with Crippen molar-refractivity contribution in [3.05, 3.63) is 36.0 Å². The lowest BCUT2D eigenvalue weighted by Gasteiger charge is -2.27. The van der Waals surface area contributed by atoms with Crippen LogP contribution < -0.4 is 15.4 Å². The number of primary amides is 1. The van der Waals surface area contributed by atoms with Crippen molar-refractivity contribution in [2.45, 2.75) is 39.2 Å². The average Bonchev–Trinajstić information content (AvgIpc) is 2.62. The normalized spacial score (nSPS) is 15.7. The van der Waals surface area contributed by atoms with E-state index in [1.54, 1.807) is 6.92 Å². The number of benzene rings is 1. The van der Waals surface area contributed by atoms with Crippen LogP contribution in [-0.4, -0.2) is 35.1 Å². The van der Waals surface area contributed by atoms with E-state index >= 15 is 0 Å². The standard InChI is InChI=1S/C19H24N4O2/c1-13-11-17(22-19(21-13)23-9-4-3-5-10-23)15-7-6-8-16(12-15)25-14(2)18(20)24/h6-8,11-12,14H,3-5,9-10H2,1-2H3,(H2,20,24). The highest BCUT2D eigenvalue weighted by Gasteiger charge is 2.16. The molecule has 2 aromatic rings. The lowest BCUT2D eigenvalue weighted by molar-refractivity contribution is -0.123. The van der Waals surface area contributed by atoms with Crippen LogP contribution in [0.15, 0.2) is 30.3 Å². The minimum atomic E-state index is -0.675. The molecule has 3 rings (SSSR count). The number of rotatable bonds is 5. The Morgan fingerprint density at radius 1 is 1.20 bits per heavy atom. The van der Waals surface area contributed by atoms with Gasteiger partial charge in [0.15, 0.2) is 6.10 Å². The SMILES string of the molecule is Cc1cc(-c2cccc(OC(C)C(N)=O)c2)nc(N2CCCCC2)n1. The fourth-order valence-electron chi connectivity index (χ4n) is 2.93. The number of carbonyl (C=O) groups is 1. The molecule has 1 unspecified atom stereocenters. The van der Waals surface area contributed by atoms with Gasteiger partial charge in [0.1, 0.15) is 5.75 Å². The van der Waals surface area contributed by atoms with Gasteiger partial charge in [-0.05, 0) is 51.3 Å². The molecule has 0 bridgehead atoms. The maximum atomic E-state index is 11.2. The Labute approximate surface area is 148 Å². The van der Waals surface area contributed by atoms with Gasteiger partial charge in [-0.15, -0.1) is 0 Å². The van der Waals surface area contributed by atoms with Gasteiger partial charge in [-0.3, -0.25) is 4.79 Å². The van der Waals surface area contributed by atoms with Crippen LogP contribution in [-0.2, 0) is 4.79 Å². The first-order chi connectivity index (χ1) is 12.0. The number of carbonyl (C=O) groups excluding carboxylic acids is 1. The van der Waals surface area contributed by atoms with Gasteiger partial charge in [0.05, 0.1) is 5.69 Å². The first-order valence-corrected chi connectivity index (χ1v) is 8.70. The molecule has 1 aromatic heterocycles. The van der Waals surface area contributed by atoms with E-state index in [1.807, 2.05) is 37.3 Å². The summed E-state index contributed by atoms with van der Waals surface area (Å²) in [6.45, 7) is 5.62. The van der Waals surface area contributed by atoms with Crippen molar-refractivity contribution in [3.8, 4) is 17.0 Å². The van der Waals surface area contributed by atoms with Crippen LogP contribution in [0.2, 0.25) is 0 Å². The summed E-state index contributed by atoms with van der Waals surface area (Å²) in [4.78, 5) is 22.8. The van der Waals surface area contributed by atoms with Crippen molar-refractivity contribution in [2.75, 3.05) is 18.0 Å². The van der Waals surface area contributed by atoms with Crippen LogP contribution in [0.1, 0.15) is 31.9 Å². The molecule has 6 heteroatoms. The monoisotopic (exact) mass is 340 g/mol. The second kappa shape index (κ2) is 7.51. The summed E-state index contributed by atoms with van der Waals surface area (Å²) in [5.41, 5.74) is 7.98. The minimum absolute atomic E-state index is 0.490. The van der Waals surface area contributed by atoms with Crippen LogP contribution in [0.5, 0.6) is 5.75 Å². The quantitative estimate of drug-likeness (QED) is 0.905. The maximum Gasteiger partial charge on any atom is 0.258 e. The van der Waals surface area contributed by atoms with Gasteiger partial charge in [0.25, 0.3) is 5.91 Å². The lowest BCUT2D eigenvalue weighted by Crippen LogP contribution is -2.31. The number of hydrogen-bond acceptors (Lipinski definition) is 5. The number of nitrogens with two attached hydrogens (primary N) is 1. The molecule has 0 saturated carbocycles. The van der Waals surface area contributed by atoms with Crippen molar-refractivity contribution in [2.24, 2.45) is 5.73 Å². The van der Waals surface area contributed by atoms with Crippen molar-refractivity contribution in [3.63, 3.8) is 0 Å². The first-order valence-electron chi connectivity index (χ1n) is 8.70. The van der Waals surface area contributed by atoms with Gasteiger partial charge in [-0.25, -0.2) is 9.97 Å². The highest BCUT2D eigenvalue weighted by molar-refractivity contribution is 5.78. The summed E-state index contributed by atoms with van der Waals surface area (Å²) in [5, 5.41) is 0. The molecule has 1 aliphatic rings. The van der Waals surface area contributed by atoms with Crippen LogP contribution in [0.4, 0.5) is 5.95 Å². The van der Waals surface area contributed by atoms with Gasteiger partial charge in [0, 0.05) is 24.3 Å². The Morgan fingerprint density at radius 3 is 2.68 bits per heavy atom. The topological polar surface area (TPSA) is 81.3 Å². The molecule has 1 aliphatic heterocycles. The summed E-state index contributed by atoms with van der Waals surface area (Å²) < 4.78 is 5.59. The first kappa shape index (κ1) is 17.2. The predicted molar refractivity (Wildman–Crippen MR) is 97.6 cm³/mol. The zero-order valence-corrected chi connectivity index (χ0v) is 14.7. The highest BCUT2D eigenvalue weighted by atomic mass is 16.5. The Bertz CT molecular complexity index is 757. The number of anilines is 1. The van der Waals surface area contributed by atoms with Crippen LogP contribution in [0.25, 0.3) is 11.3 Å². The van der Waals surface area contributed by atoms with Gasteiger partial charge in [0.2, 0.25) is 5.95 Å². The van der Waals surface area contributed by atoms with E-state index in [4.69, 9.17) is 15.5 Å². The zero-order valence-electron chi connectivity index (χ0n) is 14.7. The Morgan fingerprint density at radius 2 is 1.96 bits per heavy atom. The van der Waals surface area contributed by atoms with E-state index in [-0.39, 0.29) is 0 Å². The fraction of sp³-hybridized carbons (Fsp3) is 0.421. The van der Waals surface area contributed by atoms with Gasteiger partial charge in [-0.2, -0.15) is 0 Å². The summed E-state index contributed by atoms with van der Waals surface area (Å²) in [5.74, 6) is 0.891. The number of hydrogen-bond donors (Lipinski definition) is 1. The molecule has 132 valence electrons. The fourth-order valence-corrected chi connectivity index (χ4v) is 2.93. The van der Waals surface area contributed by atoms with Crippen LogP contribution in [0.3, 0.4) is 0 Å². The molecule has 0 radical (unpaired) electrons. The maximum absolute atomic E-state index is 11.2. The number of nitrogens with zero attached hydrogens (tertiary/aromatic N) is 3.